The van der Waals surface area contributed by atoms with Crippen LogP contribution in [0.3, 0.4) is 0 Å². The van der Waals surface area contributed by atoms with Gasteiger partial charge in [0.05, 0.1) is 5.56 Å². The Labute approximate surface area is 120 Å². The zero-order valence-corrected chi connectivity index (χ0v) is 13.0. The first-order valence-electron chi connectivity index (χ1n) is 6.11. The molecule has 1 aromatic rings. The highest BCUT2D eigenvalue weighted by molar-refractivity contribution is 6.00. The molecule has 0 unspecified atom stereocenters. The standard InChI is InChI=1S/C11H17N3O.C3H7NO/c1-13(2)10-6-5-8(12)7-9(10)11(15)14(3)4;1-4(2)3-5/h5-7H,12H2,1-4H3;3H,1-2H3. The van der Waals surface area contributed by atoms with Crippen molar-refractivity contribution in [2.75, 3.05) is 52.9 Å². The molecule has 0 fully saturated rings. The lowest BCUT2D eigenvalue weighted by atomic mass is 10.1. The summed E-state index contributed by atoms with van der Waals surface area (Å²) in [6.45, 7) is 0. The molecule has 6 nitrogen and oxygen atoms in total. The Morgan fingerprint density at radius 1 is 1.10 bits per heavy atom. The van der Waals surface area contributed by atoms with E-state index in [0.717, 1.165) is 12.1 Å². The molecular weight excluding hydrogens is 256 g/mol. The maximum absolute atomic E-state index is 11.9. The minimum absolute atomic E-state index is 0.0361. The summed E-state index contributed by atoms with van der Waals surface area (Å²) in [5.41, 5.74) is 7.79. The lowest BCUT2D eigenvalue weighted by Gasteiger charge is -2.19. The molecule has 0 saturated heterocycles. The number of rotatable bonds is 3. The van der Waals surface area contributed by atoms with E-state index in [0.29, 0.717) is 11.3 Å². The molecule has 0 aliphatic rings. The van der Waals surface area contributed by atoms with E-state index in [-0.39, 0.29) is 5.91 Å². The number of hydrogen-bond donors (Lipinski definition) is 1. The molecule has 0 aliphatic carbocycles. The van der Waals surface area contributed by atoms with E-state index < -0.39 is 0 Å². The van der Waals surface area contributed by atoms with Crippen molar-refractivity contribution in [3.63, 3.8) is 0 Å². The number of nitrogens with zero attached hydrogens (tertiary/aromatic N) is 3. The molecular formula is C14H24N4O2. The second kappa shape index (κ2) is 8.04. The van der Waals surface area contributed by atoms with E-state index in [1.807, 2.05) is 25.1 Å². The van der Waals surface area contributed by atoms with Gasteiger partial charge in [-0.1, -0.05) is 0 Å². The average molecular weight is 280 g/mol. The van der Waals surface area contributed by atoms with Gasteiger partial charge >= 0.3 is 0 Å². The quantitative estimate of drug-likeness (QED) is 0.655. The third-order valence-electron chi connectivity index (χ3n) is 2.35. The zero-order chi connectivity index (χ0) is 15.9. The van der Waals surface area contributed by atoms with Gasteiger partial charge in [0.2, 0.25) is 6.41 Å². The first kappa shape index (κ1) is 17.8. The third-order valence-corrected chi connectivity index (χ3v) is 2.35. The summed E-state index contributed by atoms with van der Waals surface area (Å²) < 4.78 is 0. The molecule has 0 aliphatic heterocycles. The van der Waals surface area contributed by atoms with E-state index >= 15 is 0 Å². The molecule has 0 saturated carbocycles. The highest BCUT2D eigenvalue weighted by Gasteiger charge is 2.14. The van der Waals surface area contributed by atoms with Gasteiger partial charge in [0.15, 0.2) is 0 Å². The summed E-state index contributed by atoms with van der Waals surface area (Å²) in [7, 11) is 10.6. The van der Waals surface area contributed by atoms with Gasteiger partial charge < -0.3 is 20.4 Å². The van der Waals surface area contributed by atoms with Crippen LogP contribution >= 0.6 is 0 Å². The molecule has 1 rings (SSSR count). The molecule has 20 heavy (non-hydrogen) atoms. The molecule has 0 spiro atoms. The van der Waals surface area contributed by atoms with Crippen molar-refractivity contribution in [1.82, 2.24) is 9.80 Å². The fraction of sp³-hybridized carbons (Fsp3) is 0.429. The topological polar surface area (TPSA) is 69.9 Å². The molecule has 6 heteroatoms. The molecule has 0 atom stereocenters. The predicted octanol–water partition coefficient (Wildman–Crippen LogP) is 0.741. The molecule has 0 radical (unpaired) electrons. The van der Waals surface area contributed by atoms with Crippen LogP contribution in [0.25, 0.3) is 0 Å². The number of carbonyl (C=O) groups excluding carboxylic acids is 2. The van der Waals surface area contributed by atoms with Crippen LogP contribution in [0.4, 0.5) is 11.4 Å². The van der Waals surface area contributed by atoms with Crippen molar-refractivity contribution in [3.8, 4) is 0 Å². The van der Waals surface area contributed by atoms with Crippen LogP contribution < -0.4 is 10.6 Å². The predicted molar refractivity (Wildman–Crippen MR) is 82.9 cm³/mol. The number of benzene rings is 1. The monoisotopic (exact) mass is 280 g/mol. The van der Waals surface area contributed by atoms with Gasteiger partial charge in [-0.25, -0.2) is 0 Å². The Bertz CT molecular complexity index is 456. The number of anilines is 2. The molecule has 2 amide bonds. The van der Waals surface area contributed by atoms with Crippen LogP contribution in [0.15, 0.2) is 18.2 Å². The van der Waals surface area contributed by atoms with Crippen molar-refractivity contribution in [3.05, 3.63) is 23.8 Å². The van der Waals surface area contributed by atoms with Crippen LogP contribution in [-0.2, 0) is 4.79 Å². The average Bonchev–Trinajstić information content (AvgIpc) is 2.37. The van der Waals surface area contributed by atoms with E-state index in [1.165, 1.54) is 4.90 Å². The Kier molecular flexibility index (Phi) is 7.14. The summed E-state index contributed by atoms with van der Waals surface area (Å²) in [5.74, 6) is -0.0361. The van der Waals surface area contributed by atoms with E-state index in [1.54, 1.807) is 45.2 Å². The molecule has 2 N–H and O–H groups in total. The largest absolute Gasteiger partial charge is 0.399 e. The minimum atomic E-state index is -0.0361. The smallest absolute Gasteiger partial charge is 0.255 e. The fourth-order valence-corrected chi connectivity index (χ4v) is 1.36. The Morgan fingerprint density at radius 2 is 1.60 bits per heavy atom. The lowest BCUT2D eigenvalue weighted by molar-refractivity contribution is -0.115. The van der Waals surface area contributed by atoms with Crippen molar-refractivity contribution >= 4 is 23.7 Å². The maximum atomic E-state index is 11.9. The van der Waals surface area contributed by atoms with E-state index in [2.05, 4.69) is 0 Å². The van der Waals surface area contributed by atoms with Gasteiger partial charge in [0.25, 0.3) is 5.91 Å². The minimum Gasteiger partial charge on any atom is -0.399 e. The van der Waals surface area contributed by atoms with Crippen LogP contribution in [0.1, 0.15) is 10.4 Å². The van der Waals surface area contributed by atoms with Crippen LogP contribution in [0.2, 0.25) is 0 Å². The summed E-state index contributed by atoms with van der Waals surface area (Å²) in [6.07, 6.45) is 0.750. The number of hydrogen-bond acceptors (Lipinski definition) is 4. The van der Waals surface area contributed by atoms with E-state index in [9.17, 15) is 9.59 Å². The summed E-state index contributed by atoms with van der Waals surface area (Å²) in [4.78, 5) is 26.2. The number of nitrogen functional groups attached to an aromatic ring is 1. The van der Waals surface area contributed by atoms with Crippen LogP contribution in [0.5, 0.6) is 0 Å². The summed E-state index contributed by atoms with van der Waals surface area (Å²) in [6, 6.07) is 5.35. The Balaban J connectivity index is 0.000000621. The van der Waals surface area contributed by atoms with Crippen molar-refractivity contribution in [1.29, 1.82) is 0 Å². The van der Waals surface area contributed by atoms with Crippen LogP contribution in [0, 0.1) is 0 Å². The molecule has 0 bridgehead atoms. The SMILES string of the molecule is CN(C)C(=O)c1cc(N)ccc1N(C)C.CN(C)C=O. The van der Waals surface area contributed by atoms with Gasteiger partial charge in [-0.3, -0.25) is 9.59 Å². The van der Waals surface area contributed by atoms with Gasteiger partial charge in [0, 0.05) is 53.7 Å². The molecule has 112 valence electrons. The Hall–Kier alpha value is -2.24. The van der Waals surface area contributed by atoms with E-state index in [4.69, 9.17) is 5.73 Å². The lowest BCUT2D eigenvalue weighted by Crippen LogP contribution is -2.24. The highest BCUT2D eigenvalue weighted by atomic mass is 16.2. The Morgan fingerprint density at radius 3 is 1.95 bits per heavy atom. The van der Waals surface area contributed by atoms with Crippen molar-refractivity contribution < 1.29 is 9.59 Å². The first-order chi connectivity index (χ1) is 9.20. The van der Waals surface area contributed by atoms with Crippen LogP contribution in [-0.4, -0.2) is 64.4 Å². The third kappa shape index (κ3) is 5.60. The highest BCUT2D eigenvalue weighted by Crippen LogP contribution is 2.22. The number of carbonyl (C=O) groups is 2. The van der Waals surface area contributed by atoms with Gasteiger partial charge in [-0.15, -0.1) is 0 Å². The normalized spacial score (nSPS) is 9.10. The summed E-state index contributed by atoms with van der Waals surface area (Å²) >= 11 is 0. The fourth-order valence-electron chi connectivity index (χ4n) is 1.36. The van der Waals surface area contributed by atoms with Crippen molar-refractivity contribution in [2.24, 2.45) is 0 Å². The summed E-state index contributed by atoms with van der Waals surface area (Å²) in [5, 5.41) is 0. The molecule has 0 heterocycles. The zero-order valence-electron chi connectivity index (χ0n) is 13.0. The van der Waals surface area contributed by atoms with Gasteiger partial charge in [-0.2, -0.15) is 0 Å². The first-order valence-corrected chi connectivity index (χ1v) is 6.11. The molecule has 0 aromatic heterocycles. The second-order valence-electron chi connectivity index (χ2n) is 4.94. The molecule has 1 aromatic carbocycles. The van der Waals surface area contributed by atoms with Gasteiger partial charge in [-0.05, 0) is 18.2 Å². The van der Waals surface area contributed by atoms with Crippen molar-refractivity contribution in [2.45, 2.75) is 0 Å². The van der Waals surface area contributed by atoms with Gasteiger partial charge in [0.1, 0.15) is 0 Å². The second-order valence-corrected chi connectivity index (χ2v) is 4.94. The number of amides is 2. The maximum Gasteiger partial charge on any atom is 0.255 e. The number of nitrogens with two attached hydrogens (primary N) is 1.